The summed E-state index contributed by atoms with van der Waals surface area (Å²) in [7, 11) is 0. The Morgan fingerprint density at radius 3 is 1.77 bits per heavy atom. The number of phenolic OH excluding ortho intramolecular Hbond substituents is 1. The Hall–Kier alpha value is -2.59. The molecule has 4 heteroatoms. The van der Waals surface area contributed by atoms with Crippen molar-refractivity contribution in [3.05, 3.63) is 75.3 Å². The fraction of sp³-hybridized carbons (Fsp3) is 0.457. The molecule has 3 aromatic carbocycles. The van der Waals surface area contributed by atoms with Gasteiger partial charge in [-0.25, -0.2) is 4.98 Å². The number of nitrogens with zero attached hydrogens (tertiary/aromatic N) is 2. The maximum atomic E-state index is 11.8. The molecule has 1 N–H and O–H groups in total. The highest BCUT2D eigenvalue weighted by Crippen LogP contribution is 2.45. The molecule has 4 aromatic rings. The van der Waals surface area contributed by atoms with Gasteiger partial charge in [0.05, 0.1) is 16.8 Å². The van der Waals surface area contributed by atoms with Crippen LogP contribution in [0.5, 0.6) is 5.75 Å². The first kappa shape index (κ1) is 29.4. The van der Waals surface area contributed by atoms with Gasteiger partial charge in [0.25, 0.3) is 0 Å². The zero-order chi connectivity index (χ0) is 29.3. The zero-order valence-electron chi connectivity index (χ0n) is 25.8. The molecule has 39 heavy (non-hydrogen) atoms. The van der Waals surface area contributed by atoms with Gasteiger partial charge in [-0.2, -0.15) is 0 Å². The van der Waals surface area contributed by atoms with E-state index in [0.29, 0.717) is 5.75 Å². The van der Waals surface area contributed by atoms with Gasteiger partial charge in [-0.1, -0.05) is 107 Å². The van der Waals surface area contributed by atoms with Gasteiger partial charge in [0, 0.05) is 10.0 Å². The normalized spacial score (nSPS) is 13.4. The Balaban J connectivity index is 2.20. The summed E-state index contributed by atoms with van der Waals surface area (Å²) in [5.41, 5.74) is 7.99. The molecule has 0 aliphatic heterocycles. The molecule has 0 saturated heterocycles. The van der Waals surface area contributed by atoms with Gasteiger partial charge < -0.3 is 5.11 Å². The van der Waals surface area contributed by atoms with E-state index < -0.39 is 0 Å². The van der Waals surface area contributed by atoms with Crippen molar-refractivity contribution in [2.45, 2.75) is 105 Å². The molecule has 0 atom stereocenters. The maximum absolute atomic E-state index is 11.8. The first-order valence-corrected chi connectivity index (χ1v) is 14.7. The zero-order valence-corrected chi connectivity index (χ0v) is 27.4. The lowest BCUT2D eigenvalue weighted by Gasteiger charge is -2.29. The molecule has 3 nitrogen and oxygen atoms in total. The van der Waals surface area contributed by atoms with Crippen LogP contribution in [-0.4, -0.2) is 14.7 Å². The third-order valence-corrected chi connectivity index (χ3v) is 8.21. The van der Waals surface area contributed by atoms with E-state index in [9.17, 15) is 5.11 Å². The van der Waals surface area contributed by atoms with Crippen LogP contribution in [0.3, 0.4) is 0 Å². The molecule has 4 rings (SSSR count). The minimum atomic E-state index is -0.234. The third-order valence-electron chi connectivity index (χ3n) is 7.57. The summed E-state index contributed by atoms with van der Waals surface area (Å²) in [6, 6.07) is 17.3. The predicted octanol–water partition coefficient (Wildman–Crippen LogP) is 10.4. The van der Waals surface area contributed by atoms with Crippen molar-refractivity contribution in [2.75, 3.05) is 0 Å². The van der Waals surface area contributed by atoms with E-state index in [1.807, 2.05) is 6.07 Å². The fourth-order valence-electron chi connectivity index (χ4n) is 5.10. The van der Waals surface area contributed by atoms with Crippen molar-refractivity contribution in [3.63, 3.8) is 0 Å². The van der Waals surface area contributed by atoms with Crippen molar-refractivity contribution < 1.29 is 5.11 Å². The standard InChI is InChI=1S/C35H45BrN2O/c1-32(2,3)21-16-17-27(24(19-21)34(7,8)9)38-28-15-13-14-26(36)29(28)37-31(38)23-18-22(33(4,5)6)20-25(30(23)39)35(10,11)12/h13-20,39H,1-12H3. The summed E-state index contributed by atoms with van der Waals surface area (Å²) < 4.78 is 3.19. The van der Waals surface area contributed by atoms with Crippen molar-refractivity contribution >= 4 is 27.0 Å². The quantitative estimate of drug-likeness (QED) is 0.253. The number of benzene rings is 3. The number of aromatic hydroxyl groups is 1. The number of imidazole rings is 1. The first-order chi connectivity index (χ1) is 17.7. The topological polar surface area (TPSA) is 38.0 Å². The number of fused-ring (bicyclic) bond motifs is 1. The van der Waals surface area contributed by atoms with E-state index in [0.717, 1.165) is 38.1 Å². The van der Waals surface area contributed by atoms with Gasteiger partial charge in [0.2, 0.25) is 0 Å². The molecule has 208 valence electrons. The number of hydrogen-bond acceptors (Lipinski definition) is 2. The molecule has 0 spiro atoms. The van der Waals surface area contributed by atoms with Crippen LogP contribution in [0.2, 0.25) is 0 Å². The second-order valence-corrected chi connectivity index (χ2v) is 15.9. The Kier molecular flexibility index (Phi) is 7.17. The molecule has 1 heterocycles. The van der Waals surface area contributed by atoms with E-state index in [2.05, 4.69) is 146 Å². The highest BCUT2D eigenvalue weighted by Gasteiger charge is 2.30. The van der Waals surface area contributed by atoms with E-state index in [1.165, 1.54) is 16.7 Å². The van der Waals surface area contributed by atoms with Crippen LogP contribution in [0, 0.1) is 0 Å². The molecular weight excluding hydrogens is 544 g/mol. The smallest absolute Gasteiger partial charge is 0.149 e. The Morgan fingerprint density at radius 2 is 1.23 bits per heavy atom. The number of halogens is 1. The average Bonchev–Trinajstić information content (AvgIpc) is 3.16. The number of aromatic nitrogens is 2. The fourth-order valence-corrected chi connectivity index (χ4v) is 5.54. The van der Waals surface area contributed by atoms with Crippen LogP contribution in [0.25, 0.3) is 28.1 Å². The van der Waals surface area contributed by atoms with Gasteiger partial charge in [0.15, 0.2) is 0 Å². The molecule has 0 aliphatic carbocycles. The van der Waals surface area contributed by atoms with Gasteiger partial charge >= 0.3 is 0 Å². The maximum Gasteiger partial charge on any atom is 0.149 e. The molecular formula is C35H45BrN2O. The lowest BCUT2D eigenvalue weighted by atomic mass is 9.78. The predicted molar refractivity (Wildman–Crippen MR) is 171 cm³/mol. The van der Waals surface area contributed by atoms with Gasteiger partial charge in [0.1, 0.15) is 17.1 Å². The second-order valence-electron chi connectivity index (χ2n) is 15.0. The Morgan fingerprint density at radius 1 is 0.667 bits per heavy atom. The molecule has 0 unspecified atom stereocenters. The molecule has 0 radical (unpaired) electrons. The third kappa shape index (κ3) is 5.55. The van der Waals surface area contributed by atoms with Crippen LogP contribution >= 0.6 is 15.9 Å². The Labute approximate surface area is 243 Å². The first-order valence-electron chi connectivity index (χ1n) is 13.9. The SMILES string of the molecule is CC(C)(C)c1ccc(-n2c(-c3cc(C(C)(C)C)cc(C(C)(C)C)c3O)nc3c(Br)cccc32)c(C(C)(C)C)c1. The van der Waals surface area contributed by atoms with E-state index in [-0.39, 0.29) is 21.7 Å². The molecule has 0 aliphatic rings. The van der Waals surface area contributed by atoms with Crippen LogP contribution in [0.15, 0.2) is 53.0 Å². The summed E-state index contributed by atoms with van der Waals surface area (Å²) in [6.07, 6.45) is 0. The van der Waals surface area contributed by atoms with E-state index >= 15 is 0 Å². The van der Waals surface area contributed by atoms with E-state index in [1.54, 1.807) is 0 Å². The number of phenols is 1. The summed E-state index contributed by atoms with van der Waals surface area (Å²) in [6.45, 7) is 26.7. The summed E-state index contributed by atoms with van der Waals surface area (Å²) in [5.74, 6) is 1.05. The molecule has 0 amide bonds. The minimum absolute atomic E-state index is 0.0301. The highest BCUT2D eigenvalue weighted by atomic mass is 79.9. The lowest BCUT2D eigenvalue weighted by molar-refractivity contribution is 0.446. The van der Waals surface area contributed by atoms with E-state index in [4.69, 9.17) is 4.98 Å². The van der Waals surface area contributed by atoms with Crippen LogP contribution in [0.1, 0.15) is 105 Å². The average molecular weight is 590 g/mol. The second kappa shape index (κ2) is 9.51. The molecule has 0 saturated carbocycles. The summed E-state index contributed by atoms with van der Waals surface area (Å²) in [5, 5.41) is 11.8. The largest absolute Gasteiger partial charge is 0.507 e. The summed E-state index contributed by atoms with van der Waals surface area (Å²) >= 11 is 3.76. The van der Waals surface area contributed by atoms with Crippen molar-refractivity contribution in [1.29, 1.82) is 0 Å². The van der Waals surface area contributed by atoms with Gasteiger partial charge in [-0.05, 0) is 78.5 Å². The minimum Gasteiger partial charge on any atom is -0.507 e. The van der Waals surface area contributed by atoms with Crippen molar-refractivity contribution in [3.8, 4) is 22.8 Å². The Bertz CT molecular complexity index is 1550. The van der Waals surface area contributed by atoms with Crippen LogP contribution < -0.4 is 0 Å². The van der Waals surface area contributed by atoms with Gasteiger partial charge in [-0.3, -0.25) is 4.57 Å². The van der Waals surface area contributed by atoms with Crippen molar-refractivity contribution in [2.24, 2.45) is 0 Å². The number of hydrogen-bond donors (Lipinski definition) is 1. The lowest BCUT2D eigenvalue weighted by Crippen LogP contribution is -2.19. The van der Waals surface area contributed by atoms with Gasteiger partial charge in [-0.15, -0.1) is 0 Å². The molecule has 0 fully saturated rings. The van der Waals surface area contributed by atoms with Crippen molar-refractivity contribution in [1.82, 2.24) is 9.55 Å². The molecule has 0 bridgehead atoms. The van der Waals surface area contributed by atoms with Crippen LogP contribution in [0.4, 0.5) is 0 Å². The van der Waals surface area contributed by atoms with Crippen LogP contribution in [-0.2, 0) is 21.7 Å². The highest BCUT2D eigenvalue weighted by molar-refractivity contribution is 9.10. The monoisotopic (exact) mass is 588 g/mol. The summed E-state index contributed by atoms with van der Waals surface area (Å²) in [4.78, 5) is 5.22. The number of rotatable bonds is 2. The number of para-hydroxylation sites is 1. The molecule has 1 aromatic heterocycles.